The number of benzene rings is 3. The number of hydrogen-bond donors (Lipinski definition) is 16. The zero-order valence-corrected chi connectivity index (χ0v) is 39.7. The number of phenolic OH excluding ortho intramolecular Hbond substituents is 3. The van der Waals surface area contributed by atoms with Gasteiger partial charge >= 0.3 is 17.3 Å². The largest absolute Gasteiger partial charge is 0.507 e. The first-order chi connectivity index (χ1) is 36.2. The fourth-order valence-corrected chi connectivity index (χ4v) is 8.53. The van der Waals surface area contributed by atoms with Crippen LogP contribution in [0.5, 0.6) is 40.2 Å². The molecule has 4 aromatic rings. The van der Waals surface area contributed by atoms with Crippen LogP contribution in [0.1, 0.15) is 5.56 Å². The predicted octanol–water partition coefficient (Wildman–Crippen LogP) is -4.23. The lowest BCUT2D eigenvalue weighted by Crippen LogP contribution is -2.64. The van der Waals surface area contributed by atoms with Crippen LogP contribution in [0.25, 0.3) is 28.4 Å². The second-order valence-corrected chi connectivity index (χ2v) is 18.0. The average molecular weight is 1080 g/mol. The molecule has 28 heteroatoms. The van der Waals surface area contributed by atoms with E-state index in [2.05, 4.69) is 0 Å². The van der Waals surface area contributed by atoms with E-state index in [1.54, 1.807) is 0 Å². The maximum atomic E-state index is 13.2. The fraction of sp³-hybridized carbons (Fsp3) is 0.500. The van der Waals surface area contributed by atoms with Gasteiger partial charge in [-0.05, 0) is 35.9 Å². The monoisotopic (exact) mass is 1080 g/mol. The van der Waals surface area contributed by atoms with Crippen molar-refractivity contribution in [3.63, 3.8) is 0 Å². The minimum atomic E-state index is -2.07. The van der Waals surface area contributed by atoms with Crippen LogP contribution in [0.2, 0.25) is 0 Å². The normalized spacial score (nSPS) is 34.9. The molecule has 16 N–H and O–H groups in total. The summed E-state index contributed by atoms with van der Waals surface area (Å²) < 4.78 is 63.2. The summed E-state index contributed by atoms with van der Waals surface area (Å²) in [5.41, 5.74) is 0.116. The molecule has 416 valence electrons. The van der Waals surface area contributed by atoms with E-state index in [1.165, 1.54) is 43.5 Å². The first-order valence-electron chi connectivity index (χ1n) is 23.3. The minimum Gasteiger partial charge on any atom is -0.507 e. The van der Waals surface area contributed by atoms with Crippen LogP contribution in [0.15, 0.2) is 65.1 Å². The van der Waals surface area contributed by atoms with Crippen molar-refractivity contribution in [3.05, 3.63) is 66.2 Å². The molecule has 4 fully saturated rings. The van der Waals surface area contributed by atoms with E-state index in [-0.39, 0.29) is 39.5 Å². The third-order valence-electron chi connectivity index (χ3n) is 12.8. The van der Waals surface area contributed by atoms with Gasteiger partial charge in [0.1, 0.15) is 109 Å². The number of aliphatic hydroxyl groups excluding tert-OH is 13. The van der Waals surface area contributed by atoms with Crippen LogP contribution in [-0.2, 0) is 33.2 Å². The Morgan fingerprint density at radius 1 is 0.605 bits per heavy atom. The van der Waals surface area contributed by atoms with Gasteiger partial charge in [0, 0.05) is 24.3 Å². The highest BCUT2D eigenvalue weighted by molar-refractivity contribution is 5.89. The third-order valence-corrected chi connectivity index (χ3v) is 12.8. The molecule has 28 nitrogen and oxygen atoms in total. The van der Waals surface area contributed by atoms with E-state index >= 15 is 0 Å². The van der Waals surface area contributed by atoms with E-state index in [0.717, 1.165) is 30.3 Å². The predicted molar refractivity (Wildman–Crippen MR) is 247 cm³/mol. The highest BCUT2D eigenvalue weighted by atomic mass is 16.8. The maximum absolute atomic E-state index is 13.2. The van der Waals surface area contributed by atoms with Gasteiger partial charge in [0.05, 0.1) is 38.6 Å². The van der Waals surface area contributed by atoms with E-state index in [4.69, 9.17) is 51.8 Å². The van der Waals surface area contributed by atoms with E-state index < -0.39 is 172 Å². The number of hydrogen-bond acceptors (Lipinski definition) is 27. The van der Waals surface area contributed by atoms with Gasteiger partial charge in [0.15, 0.2) is 35.4 Å². The molecule has 8 rings (SSSR count). The van der Waals surface area contributed by atoms with Crippen LogP contribution in [-0.4, -0.2) is 238 Å². The van der Waals surface area contributed by atoms with Gasteiger partial charge in [-0.15, -0.1) is 0 Å². The molecule has 4 aliphatic rings. The van der Waals surface area contributed by atoms with Crippen molar-refractivity contribution in [2.45, 2.75) is 117 Å². The molecule has 0 radical (unpaired) electrons. The smallest absolute Gasteiger partial charge is 0.402 e. The Morgan fingerprint density at radius 2 is 1.21 bits per heavy atom. The van der Waals surface area contributed by atoms with Crippen molar-refractivity contribution < 1.29 is 138 Å². The molecule has 0 saturated carbocycles. The van der Waals surface area contributed by atoms with E-state index in [9.17, 15) is 86.5 Å². The zero-order valence-electron chi connectivity index (χ0n) is 39.7. The molecule has 76 heavy (non-hydrogen) atoms. The molecular formula is C48H57O28+. The molecule has 0 unspecified atom stereocenters. The summed E-state index contributed by atoms with van der Waals surface area (Å²) in [5.74, 6) is -3.70. The maximum Gasteiger partial charge on any atom is 0.402 e. The average Bonchev–Trinajstić information content (AvgIpc) is 3.41. The molecule has 0 aliphatic carbocycles. The Morgan fingerprint density at radius 3 is 1.84 bits per heavy atom. The Bertz CT molecular complexity index is 2670. The summed E-state index contributed by atoms with van der Waals surface area (Å²) in [6, 6.07) is 11.0. The van der Waals surface area contributed by atoms with Crippen molar-refractivity contribution in [2.75, 3.05) is 33.5 Å². The van der Waals surface area contributed by atoms with Gasteiger partial charge < -0.3 is 129 Å². The number of rotatable bonds is 16. The third kappa shape index (κ3) is 11.8. The first-order valence-corrected chi connectivity index (χ1v) is 23.3. The molecule has 5 heterocycles. The summed E-state index contributed by atoms with van der Waals surface area (Å²) >= 11 is 0. The van der Waals surface area contributed by atoms with Crippen molar-refractivity contribution in [2.24, 2.45) is 0 Å². The topological polar surface area (TPSA) is 444 Å². The highest BCUT2D eigenvalue weighted by Crippen LogP contribution is 2.44. The molecule has 4 saturated heterocycles. The van der Waals surface area contributed by atoms with Crippen molar-refractivity contribution in [1.82, 2.24) is 0 Å². The number of aliphatic hydroxyl groups is 13. The summed E-state index contributed by atoms with van der Waals surface area (Å²) in [5, 5.41) is 167. The minimum absolute atomic E-state index is 0.00205. The quantitative estimate of drug-likeness (QED) is 0.0219. The second-order valence-electron chi connectivity index (χ2n) is 18.0. The SMILES string of the molecule is COc1cc(/C=C/C(=O)OC[C@H]2O[C@@H](Oc3cc4c(O[C@@H]5O[C@H](CO)[C@@H](O)[C@H](O)[C@H]5O)cc(O)cc4[o+]c3-c3ccc(O)c(O)c3)[C@H](O[C@@H]3OC[C@@H](O)[C@H](O)[C@H]3O)[C@@H](O)[C@@H]2O)ccc1O[C@@H]1O[C@H](CO)[C@@H](O)[C@H](O)[C@H]1O. The molecule has 4 aliphatic heterocycles. The first kappa shape index (κ1) is 56.4. The molecule has 0 bridgehead atoms. The number of fused-ring (bicyclic) bond motifs is 1. The Kier molecular flexibility index (Phi) is 17.7. The number of aromatic hydroxyl groups is 3. The van der Waals surface area contributed by atoms with Crippen LogP contribution < -0.4 is 18.9 Å². The number of carbonyl (C=O) groups is 1. The number of methoxy groups -OCH3 is 1. The molecule has 3 aromatic carbocycles. The zero-order chi connectivity index (χ0) is 54.9. The Labute approximate surface area is 428 Å². The Balaban J connectivity index is 1.08. The molecule has 0 amide bonds. The molecular weight excluding hydrogens is 1020 g/mol. The number of esters is 1. The fourth-order valence-electron chi connectivity index (χ4n) is 8.53. The summed E-state index contributed by atoms with van der Waals surface area (Å²) in [4.78, 5) is 13.2. The van der Waals surface area contributed by atoms with Gasteiger partial charge in [-0.3, -0.25) is 0 Å². The van der Waals surface area contributed by atoms with E-state index in [0.29, 0.717) is 5.56 Å². The Hall–Kier alpha value is -5.84. The lowest BCUT2D eigenvalue weighted by Gasteiger charge is -2.44. The van der Waals surface area contributed by atoms with Gasteiger partial charge in [-0.25, -0.2) is 9.21 Å². The summed E-state index contributed by atoms with van der Waals surface area (Å²) in [6.07, 6.45) is -31.1. The van der Waals surface area contributed by atoms with Gasteiger partial charge in [-0.2, -0.15) is 0 Å². The van der Waals surface area contributed by atoms with Crippen molar-refractivity contribution >= 4 is 23.0 Å². The van der Waals surface area contributed by atoms with Gasteiger partial charge in [0.25, 0.3) is 0 Å². The molecule has 19 atom stereocenters. The number of ether oxygens (including phenoxy) is 10. The number of phenols is 3. The lowest BCUT2D eigenvalue weighted by atomic mass is 9.98. The second kappa shape index (κ2) is 23.8. The van der Waals surface area contributed by atoms with Crippen molar-refractivity contribution in [1.29, 1.82) is 0 Å². The van der Waals surface area contributed by atoms with Gasteiger partial charge in [0.2, 0.25) is 24.6 Å². The summed E-state index contributed by atoms with van der Waals surface area (Å²) in [7, 11) is 1.28. The van der Waals surface area contributed by atoms with Crippen LogP contribution in [0, 0.1) is 0 Å². The lowest BCUT2D eigenvalue weighted by molar-refractivity contribution is -0.345. The molecule has 1 aromatic heterocycles. The van der Waals surface area contributed by atoms with E-state index in [1.807, 2.05) is 0 Å². The molecule has 0 spiro atoms. The highest BCUT2D eigenvalue weighted by Gasteiger charge is 2.52. The standard InChI is InChI=1S/C48H56O28/c1-66-27-8-17(2-6-24(27)70-46-41(64)37(60)34(57)29(13-49)73-46)3-7-32(55)67-16-31-36(59)39(62)44(76-45-40(63)33(56)23(54)15-68-45)48(75-31)72-28-12-20-25(69-43(28)18-4-5-21(52)22(53)9-18)10-19(51)11-26(20)71-47-42(65)38(61)35(58)30(14-50)74-47/h2-12,23,29-31,33-42,44-50,54,56-65H,13-16H2,1H3,(H2-,51,52,53)/p+1/b7-3+/t23-,29-,30-,31-,33+,34-,35-,36-,37+,38+,39+,40-,41-,42-,44-,45+,46-,47-,48-/m1/s1. The van der Waals surface area contributed by atoms with Crippen LogP contribution >= 0.6 is 0 Å². The van der Waals surface area contributed by atoms with Crippen molar-refractivity contribution in [3.8, 4) is 51.6 Å². The van der Waals surface area contributed by atoms with Gasteiger partial charge in [-0.1, -0.05) is 6.07 Å². The summed E-state index contributed by atoms with van der Waals surface area (Å²) in [6.45, 7) is -2.87. The number of carbonyl (C=O) groups excluding carboxylic acids is 1. The van der Waals surface area contributed by atoms with Crippen LogP contribution in [0.4, 0.5) is 0 Å². The van der Waals surface area contributed by atoms with Crippen LogP contribution in [0.3, 0.4) is 0 Å².